The molecule has 7 aromatic carbocycles. The van der Waals surface area contributed by atoms with Gasteiger partial charge in [-0.3, -0.25) is 20.2 Å². The molecule has 0 radical (unpaired) electrons. The van der Waals surface area contributed by atoms with Gasteiger partial charge < -0.3 is 28.4 Å². The summed E-state index contributed by atoms with van der Waals surface area (Å²) in [5.41, 5.74) is 12.5. The molecule has 0 spiro atoms. The summed E-state index contributed by atoms with van der Waals surface area (Å²) in [5.74, 6) is 0.559. The number of halogens is 1. The number of nitro benzene ring substituents is 2. The van der Waals surface area contributed by atoms with Crippen LogP contribution in [-0.2, 0) is 0 Å². The maximum absolute atomic E-state index is 12.8. The maximum atomic E-state index is 12.8. The zero-order chi connectivity index (χ0) is 78.2. The molecule has 0 saturated carbocycles. The fourth-order valence-electron chi connectivity index (χ4n) is 11.1. The van der Waals surface area contributed by atoms with E-state index in [0.29, 0.717) is 58.4 Å². The van der Waals surface area contributed by atoms with Crippen molar-refractivity contribution < 1.29 is 42.7 Å². The van der Waals surface area contributed by atoms with Crippen LogP contribution in [0.15, 0.2) is 218 Å². The molecule has 13 aromatic heterocycles. The van der Waals surface area contributed by atoms with Gasteiger partial charge in [0, 0.05) is 50.7 Å². The number of ether oxygens (including phenoxy) is 6. The van der Waals surface area contributed by atoms with Crippen LogP contribution in [0.1, 0.15) is 5.01 Å². The summed E-state index contributed by atoms with van der Waals surface area (Å²) >= 11 is 10.2. The number of methoxy groups -OCH3 is 6. The Morgan fingerprint density at radius 3 is 1.19 bits per heavy atom. The number of benzene rings is 7. The number of aromatic nitrogens is 18. The lowest BCUT2D eigenvalue weighted by atomic mass is 10.0. The van der Waals surface area contributed by atoms with Crippen LogP contribution in [0, 0.1) is 33.0 Å². The summed E-state index contributed by atoms with van der Waals surface area (Å²) < 4.78 is 54.6. The molecule has 113 heavy (non-hydrogen) atoms. The van der Waals surface area contributed by atoms with Gasteiger partial charge in [-0.25, -0.2) is 61.4 Å². The van der Waals surface area contributed by atoms with Crippen LogP contribution in [0.2, 0.25) is 0 Å². The maximum Gasteiger partial charge on any atom is 0.294 e. The molecule has 0 atom stereocenters. The number of fused-ring (bicyclic) bond motifs is 7. The first-order chi connectivity index (χ1) is 55.0. The van der Waals surface area contributed by atoms with Gasteiger partial charge in [0.1, 0.15) is 16.6 Å². The number of nitrogens with zero attached hydrogens (tertiary/aromatic N) is 20. The molecule has 0 aliphatic carbocycles. The van der Waals surface area contributed by atoms with E-state index in [1.807, 2.05) is 72.5 Å². The second kappa shape index (κ2) is 33.5. The standard InChI is InChI=1S/C17H13N3OS.C13H9N3S2.C12H11N3O2S.C11H8FN3OS.2C11H8N4O3S/c1-21-17-19-20-11-15(18-16(20)22-17)14-9-7-13(8-10-14)12-5-3-2-4-6-12;1-8-15-16-7-11(14-13(16)18-8)9-2-3-12-10(6-9)4-5-17-12;1-16-9-5-3-4-8(6-9)10-7-15-11(13-10)18-12(14-15)17-2;1-16-11-14-15-6-9(13-10(15)17-11)7-2-4-8(12)5-3-7;1-18-11-13-14-6-9(12-10(14)19-11)7-3-2-4-8(5-7)15(16)17;1-18-11-13-14-6-8(12-10(14)19-11)7-4-2-3-5-9(7)15(16)17/h2-11H,1H3;2-7H,1H3;3-7H,1-2H3;2-6H,1H3;2*2-6H,1H3. The van der Waals surface area contributed by atoms with Gasteiger partial charge in [0.05, 0.1) is 129 Å². The first-order valence-corrected chi connectivity index (χ1v) is 39.2. The number of hydrogen-bond acceptors (Lipinski definition) is 29. The second-order valence-electron chi connectivity index (χ2n) is 23.5. The highest BCUT2D eigenvalue weighted by Gasteiger charge is 2.20. The van der Waals surface area contributed by atoms with Crippen LogP contribution in [0.25, 0.3) is 119 Å². The highest BCUT2D eigenvalue weighted by molar-refractivity contribution is 7.20. The summed E-state index contributed by atoms with van der Waals surface area (Å²) in [4.78, 5) is 52.4. The van der Waals surface area contributed by atoms with Crippen LogP contribution in [-0.4, -0.2) is 140 Å². The third-order valence-corrected chi connectivity index (χ3v) is 22.6. The lowest BCUT2D eigenvalue weighted by Crippen LogP contribution is -1.91. The second-order valence-corrected chi connectivity index (χ2v) is 30.2. The molecular weight excluding hydrogens is 1580 g/mol. The van der Waals surface area contributed by atoms with Gasteiger partial charge in [0.2, 0.25) is 29.8 Å². The molecule has 0 N–H and O–H groups in total. The average molecular weight is 1640 g/mol. The summed E-state index contributed by atoms with van der Waals surface area (Å²) in [6.07, 6.45) is 11.0. The molecule has 0 saturated heterocycles. The van der Waals surface area contributed by atoms with E-state index in [1.165, 1.54) is 115 Å². The molecule has 20 aromatic rings. The van der Waals surface area contributed by atoms with Gasteiger partial charge in [0.15, 0.2) is 0 Å². The smallest absolute Gasteiger partial charge is 0.294 e. The molecule has 0 bridgehead atoms. The van der Waals surface area contributed by atoms with Crippen molar-refractivity contribution in [1.82, 2.24) is 87.6 Å². The van der Waals surface area contributed by atoms with E-state index in [-0.39, 0.29) is 17.2 Å². The van der Waals surface area contributed by atoms with Crippen LogP contribution in [0.4, 0.5) is 15.8 Å². The third kappa shape index (κ3) is 17.0. The summed E-state index contributed by atoms with van der Waals surface area (Å²) in [6, 6.07) is 54.2. The number of imidazole rings is 6. The van der Waals surface area contributed by atoms with Crippen molar-refractivity contribution in [3.8, 4) is 110 Å². The minimum Gasteiger partial charge on any atom is -0.497 e. The van der Waals surface area contributed by atoms with Gasteiger partial charge in [-0.2, -0.15) is 5.10 Å². The van der Waals surface area contributed by atoms with Crippen molar-refractivity contribution in [2.75, 3.05) is 42.7 Å². The largest absolute Gasteiger partial charge is 0.497 e. The van der Waals surface area contributed by atoms with Crippen LogP contribution < -0.4 is 28.4 Å². The molecule has 13 heterocycles. The molecule has 0 unspecified atom stereocenters. The SMILES string of the molecule is COc1cccc(-c2cn3nc(OC)sc3n2)c1.COc1nn2cc(-c3ccc(-c4ccccc4)cc3)nc2s1.COc1nn2cc(-c3ccc(F)cc3)nc2s1.COc1nn2cc(-c3cccc([N+](=O)[O-])c3)nc2s1.COc1nn2cc(-c3ccccc3[N+](=O)[O-])nc2s1.Cc1nn2cc(-c3ccc4sccc4c3)nc2s1. The Balaban J connectivity index is 0.000000107. The Bertz CT molecular complexity index is 6520. The fourth-order valence-corrected chi connectivity index (χ4v) is 16.1. The molecule has 0 aliphatic heterocycles. The Hall–Kier alpha value is -13.4. The average Bonchev–Trinajstić information content (AvgIpc) is 1.69. The van der Waals surface area contributed by atoms with Crippen molar-refractivity contribution >= 4 is 131 Å². The molecule has 20 rings (SSSR count). The van der Waals surface area contributed by atoms with Gasteiger partial charge in [0.25, 0.3) is 37.3 Å². The van der Waals surface area contributed by atoms with Gasteiger partial charge in [-0.15, -0.1) is 36.8 Å². The van der Waals surface area contributed by atoms with Gasteiger partial charge in [-0.1, -0.05) is 108 Å². The highest BCUT2D eigenvalue weighted by Crippen LogP contribution is 2.35. The summed E-state index contributed by atoms with van der Waals surface area (Å²) in [5, 5.41) is 54.3. The fraction of sp³-hybridized carbons (Fsp3) is 0.0933. The van der Waals surface area contributed by atoms with Crippen LogP contribution >= 0.6 is 79.4 Å². The van der Waals surface area contributed by atoms with Crippen molar-refractivity contribution in [1.29, 1.82) is 0 Å². The first-order valence-electron chi connectivity index (χ1n) is 33.4. The van der Waals surface area contributed by atoms with E-state index >= 15 is 0 Å². The van der Waals surface area contributed by atoms with E-state index in [4.69, 9.17) is 28.4 Å². The number of hydrogen-bond donors (Lipinski definition) is 0. The Morgan fingerprint density at radius 2 is 0.735 bits per heavy atom. The monoisotopic (exact) mass is 1640 g/mol. The lowest BCUT2D eigenvalue weighted by Gasteiger charge is -2.02. The number of aryl methyl sites for hydroxylation is 1. The first kappa shape index (κ1) is 75.1. The molecular formula is C75H57FN20O10S7. The minimum atomic E-state index is -0.427. The molecule has 30 nitrogen and oxygen atoms in total. The third-order valence-electron chi connectivity index (χ3n) is 16.4. The predicted molar refractivity (Wildman–Crippen MR) is 436 cm³/mol. The topological polar surface area (TPSA) is 323 Å². The van der Waals surface area contributed by atoms with Crippen molar-refractivity contribution in [3.05, 3.63) is 250 Å². The summed E-state index contributed by atoms with van der Waals surface area (Å²) in [7, 11) is 9.50. The molecule has 566 valence electrons. The summed E-state index contributed by atoms with van der Waals surface area (Å²) in [6.45, 7) is 2.00. The zero-order valence-electron chi connectivity index (χ0n) is 60.0. The van der Waals surface area contributed by atoms with Crippen molar-refractivity contribution in [2.45, 2.75) is 6.92 Å². The molecule has 0 aliphatic rings. The minimum absolute atomic E-state index is 0.0280. The molecule has 38 heteroatoms. The molecule has 0 amide bonds. The number of non-ortho nitro benzene ring substituents is 1. The highest BCUT2D eigenvalue weighted by atomic mass is 32.1. The van der Waals surface area contributed by atoms with Crippen molar-refractivity contribution in [2.24, 2.45) is 0 Å². The van der Waals surface area contributed by atoms with E-state index in [0.717, 1.165) is 75.6 Å². The van der Waals surface area contributed by atoms with E-state index in [9.17, 15) is 24.6 Å². The van der Waals surface area contributed by atoms with E-state index in [2.05, 4.69) is 127 Å². The number of nitro groups is 2. The van der Waals surface area contributed by atoms with Crippen molar-refractivity contribution in [3.63, 3.8) is 0 Å². The molecule has 0 fully saturated rings. The number of rotatable bonds is 15. The van der Waals surface area contributed by atoms with Gasteiger partial charge >= 0.3 is 0 Å². The number of thiophene rings is 1. The lowest BCUT2D eigenvalue weighted by molar-refractivity contribution is -0.384. The predicted octanol–water partition coefficient (Wildman–Crippen LogP) is 17.9. The van der Waals surface area contributed by atoms with Gasteiger partial charge in [-0.05, 0) is 146 Å². The number of para-hydroxylation sites is 1. The zero-order valence-corrected chi connectivity index (χ0v) is 65.8. The van der Waals surface area contributed by atoms with E-state index < -0.39 is 9.85 Å². The normalized spacial score (nSPS) is 11.0. The van der Waals surface area contributed by atoms with Crippen LogP contribution in [0.5, 0.6) is 31.7 Å². The van der Waals surface area contributed by atoms with Crippen LogP contribution in [0.3, 0.4) is 0 Å². The van der Waals surface area contributed by atoms with E-state index in [1.54, 1.807) is 142 Å². The Morgan fingerprint density at radius 1 is 0.354 bits per heavy atom. The Kier molecular flexibility index (Phi) is 22.2. The quantitative estimate of drug-likeness (QED) is 0.0680. The Labute approximate surface area is 665 Å².